The zero-order valence-corrected chi connectivity index (χ0v) is 29.4. The number of hydrogen-bond acceptors (Lipinski definition) is 7. The molecule has 270 valence electrons. The zero-order valence-electron chi connectivity index (χ0n) is 28.6. The van der Waals surface area contributed by atoms with Gasteiger partial charge in [0, 0.05) is 56.9 Å². The SMILES string of the molecule is CCCN(CCC)C(=O)C1=CC(S(=O)(=O)NCCCO)=CC(C(N)=O)([C@H](Cc2cc(F)cc(F)c2)[C@@H](O)CNCc2cccc(CC)c2)C1. The maximum atomic E-state index is 14.4. The molecule has 1 unspecified atom stereocenters. The summed E-state index contributed by atoms with van der Waals surface area (Å²) in [4.78, 5) is 28.9. The number of nitrogens with two attached hydrogens (primary N) is 1. The van der Waals surface area contributed by atoms with E-state index in [1.54, 1.807) is 4.90 Å². The van der Waals surface area contributed by atoms with Crippen LogP contribution in [-0.2, 0) is 39.0 Å². The van der Waals surface area contributed by atoms with Crippen molar-refractivity contribution in [3.8, 4) is 0 Å². The Bertz CT molecular complexity index is 1590. The molecule has 2 aromatic carbocycles. The van der Waals surface area contributed by atoms with Crippen LogP contribution >= 0.6 is 0 Å². The second kappa shape index (κ2) is 18.5. The van der Waals surface area contributed by atoms with E-state index in [1.807, 2.05) is 45.0 Å². The van der Waals surface area contributed by atoms with Gasteiger partial charge in [-0.1, -0.05) is 45.0 Å². The van der Waals surface area contributed by atoms with Gasteiger partial charge in [0.15, 0.2) is 0 Å². The molecule has 13 heteroatoms. The molecule has 0 aromatic heterocycles. The largest absolute Gasteiger partial charge is 0.396 e. The van der Waals surface area contributed by atoms with Gasteiger partial charge < -0.3 is 26.2 Å². The van der Waals surface area contributed by atoms with E-state index in [4.69, 9.17) is 5.73 Å². The number of allylic oxidation sites excluding steroid dienone is 1. The topological polar surface area (TPSA) is 162 Å². The lowest BCUT2D eigenvalue weighted by atomic mass is 9.64. The van der Waals surface area contributed by atoms with Crippen LogP contribution in [0, 0.1) is 23.0 Å². The van der Waals surface area contributed by atoms with Crippen LogP contribution in [0.5, 0.6) is 0 Å². The Morgan fingerprint density at radius 2 is 1.67 bits per heavy atom. The Labute approximate surface area is 288 Å². The van der Waals surface area contributed by atoms with Gasteiger partial charge >= 0.3 is 0 Å². The van der Waals surface area contributed by atoms with Gasteiger partial charge in [0.05, 0.1) is 16.4 Å². The average molecular weight is 705 g/mol. The molecule has 0 radical (unpaired) electrons. The molecule has 0 bridgehead atoms. The van der Waals surface area contributed by atoms with Crippen LogP contribution in [0.4, 0.5) is 8.78 Å². The number of carbonyl (C=O) groups is 2. The number of hydrogen-bond donors (Lipinski definition) is 5. The number of rotatable bonds is 20. The highest BCUT2D eigenvalue weighted by atomic mass is 32.2. The molecule has 0 spiro atoms. The number of carbonyl (C=O) groups excluding carboxylic acids is 2. The first-order chi connectivity index (χ1) is 23.3. The zero-order chi connectivity index (χ0) is 36.2. The van der Waals surface area contributed by atoms with Crippen molar-refractivity contribution in [2.75, 3.05) is 32.8 Å². The van der Waals surface area contributed by atoms with Crippen molar-refractivity contribution in [2.45, 2.75) is 71.9 Å². The molecule has 10 nitrogen and oxygen atoms in total. The van der Waals surface area contributed by atoms with E-state index >= 15 is 0 Å². The molecular weight excluding hydrogens is 654 g/mol. The van der Waals surface area contributed by atoms with Crippen LogP contribution < -0.4 is 15.8 Å². The second-order valence-electron chi connectivity index (χ2n) is 12.5. The van der Waals surface area contributed by atoms with Gasteiger partial charge in [0.25, 0.3) is 0 Å². The highest BCUT2D eigenvalue weighted by Gasteiger charge is 2.50. The number of aryl methyl sites for hydroxylation is 1. The standard InChI is InChI=1S/C36H50F2N4O6S/c1-4-12-42(13-5-2)34(45)28-19-31(49(47,48)41-11-8-14-43)22-36(21-28,35(39)46)32(18-27-16-29(37)20-30(38)17-27)33(44)24-40-23-26-10-7-9-25(6-3)15-26/h7,9-10,15-17,19-20,22,32-33,40-41,43-44H,4-6,8,11-14,18,21,23-24H2,1-3H3,(H2,39,46)/t32-,33+,36?/m1/s1. The summed E-state index contributed by atoms with van der Waals surface area (Å²) in [6, 6.07) is 10.7. The number of sulfonamides is 1. The molecule has 3 rings (SSSR count). The molecule has 0 saturated carbocycles. The van der Waals surface area contributed by atoms with E-state index in [0.29, 0.717) is 38.5 Å². The van der Waals surface area contributed by atoms with Crippen LogP contribution in [0.2, 0.25) is 0 Å². The smallest absolute Gasteiger partial charge is 0.249 e. The molecule has 0 saturated heterocycles. The van der Waals surface area contributed by atoms with Crippen molar-refractivity contribution in [3.63, 3.8) is 0 Å². The molecule has 3 atom stereocenters. The van der Waals surface area contributed by atoms with Crippen molar-refractivity contribution >= 4 is 21.8 Å². The normalized spacial score (nSPS) is 17.6. The molecule has 1 aliphatic carbocycles. The van der Waals surface area contributed by atoms with E-state index in [0.717, 1.165) is 35.8 Å². The number of aliphatic hydroxyl groups is 2. The minimum absolute atomic E-state index is 0.00213. The lowest BCUT2D eigenvalue weighted by Crippen LogP contribution is -2.52. The Morgan fingerprint density at radius 1 is 1.02 bits per heavy atom. The molecule has 49 heavy (non-hydrogen) atoms. The van der Waals surface area contributed by atoms with Gasteiger partial charge in [0.1, 0.15) is 11.6 Å². The first-order valence-electron chi connectivity index (χ1n) is 16.8. The summed E-state index contributed by atoms with van der Waals surface area (Å²) >= 11 is 0. The summed E-state index contributed by atoms with van der Waals surface area (Å²) in [7, 11) is -4.35. The molecule has 0 aliphatic heterocycles. The van der Waals surface area contributed by atoms with E-state index < -0.39 is 55.8 Å². The molecule has 2 aromatic rings. The number of aliphatic hydroxyl groups excluding tert-OH is 2. The van der Waals surface area contributed by atoms with Gasteiger partial charge in [-0.2, -0.15) is 0 Å². The molecule has 1 aliphatic rings. The van der Waals surface area contributed by atoms with E-state index in [1.165, 1.54) is 6.08 Å². The Kier molecular flexibility index (Phi) is 15.1. The average Bonchev–Trinajstić information content (AvgIpc) is 3.06. The highest BCUT2D eigenvalue weighted by molar-refractivity contribution is 7.93. The van der Waals surface area contributed by atoms with Gasteiger partial charge in [0.2, 0.25) is 21.8 Å². The first kappa shape index (κ1) is 39.9. The number of halogens is 2. The van der Waals surface area contributed by atoms with Crippen molar-refractivity contribution in [3.05, 3.63) is 93.4 Å². The van der Waals surface area contributed by atoms with Crippen molar-refractivity contribution in [2.24, 2.45) is 17.1 Å². The first-order valence-corrected chi connectivity index (χ1v) is 18.3. The summed E-state index contributed by atoms with van der Waals surface area (Å²) in [5, 5.41) is 24.2. The Hall–Kier alpha value is -3.49. The van der Waals surface area contributed by atoms with Crippen LogP contribution in [0.15, 0.2) is 65.1 Å². The van der Waals surface area contributed by atoms with Gasteiger partial charge in [-0.25, -0.2) is 21.9 Å². The predicted molar refractivity (Wildman–Crippen MR) is 185 cm³/mol. The number of amides is 2. The molecule has 2 amide bonds. The number of nitrogens with one attached hydrogen (secondary N) is 2. The highest BCUT2D eigenvalue weighted by Crippen LogP contribution is 2.45. The van der Waals surface area contributed by atoms with Crippen molar-refractivity contribution in [1.82, 2.24) is 14.9 Å². The Morgan fingerprint density at radius 3 is 2.27 bits per heavy atom. The van der Waals surface area contributed by atoms with Crippen molar-refractivity contribution < 1.29 is 37.0 Å². The number of nitrogens with zero attached hydrogens (tertiary/aromatic N) is 1. The monoisotopic (exact) mass is 704 g/mol. The van der Waals surface area contributed by atoms with Crippen LogP contribution in [-0.4, -0.2) is 74.2 Å². The van der Waals surface area contributed by atoms with E-state index in [2.05, 4.69) is 10.0 Å². The van der Waals surface area contributed by atoms with Crippen LogP contribution in [0.1, 0.15) is 63.1 Å². The molecule has 0 heterocycles. The van der Waals surface area contributed by atoms with Gasteiger partial charge in [-0.05, 0) is 79.5 Å². The summed E-state index contributed by atoms with van der Waals surface area (Å²) in [5.41, 5.74) is 6.33. The van der Waals surface area contributed by atoms with E-state index in [-0.39, 0.29) is 50.1 Å². The fourth-order valence-electron chi connectivity index (χ4n) is 6.29. The third-order valence-electron chi connectivity index (χ3n) is 8.73. The van der Waals surface area contributed by atoms with Gasteiger partial charge in [-0.3, -0.25) is 9.59 Å². The summed E-state index contributed by atoms with van der Waals surface area (Å²) in [6.45, 7) is 6.46. The molecule has 0 fully saturated rings. The quantitative estimate of drug-likeness (QED) is 0.132. The van der Waals surface area contributed by atoms with Crippen LogP contribution in [0.25, 0.3) is 0 Å². The number of primary amides is 1. The van der Waals surface area contributed by atoms with E-state index in [9.17, 15) is 37.0 Å². The predicted octanol–water partition coefficient (Wildman–Crippen LogP) is 3.47. The second-order valence-corrected chi connectivity index (χ2v) is 14.3. The summed E-state index contributed by atoms with van der Waals surface area (Å²) in [6.07, 6.45) is 2.56. The summed E-state index contributed by atoms with van der Waals surface area (Å²) in [5.74, 6) is -4.46. The minimum Gasteiger partial charge on any atom is -0.396 e. The Balaban J connectivity index is 2.16. The minimum atomic E-state index is -4.35. The van der Waals surface area contributed by atoms with Crippen molar-refractivity contribution in [1.29, 1.82) is 0 Å². The third kappa shape index (κ3) is 10.7. The van der Waals surface area contributed by atoms with Gasteiger partial charge in [-0.15, -0.1) is 0 Å². The van der Waals surface area contributed by atoms with Crippen LogP contribution in [0.3, 0.4) is 0 Å². The lowest BCUT2D eigenvalue weighted by Gasteiger charge is -2.42. The third-order valence-corrected chi connectivity index (χ3v) is 10.2. The lowest BCUT2D eigenvalue weighted by molar-refractivity contribution is -0.132. The fourth-order valence-corrected chi connectivity index (χ4v) is 7.54. The maximum Gasteiger partial charge on any atom is 0.249 e. The molecule has 6 N–H and O–H groups in total. The molecular formula is C36H50F2N4O6S. The number of benzene rings is 2. The summed E-state index contributed by atoms with van der Waals surface area (Å²) < 4.78 is 58.5. The maximum absolute atomic E-state index is 14.4. The fraction of sp³-hybridized carbons (Fsp3) is 0.500.